The number of amides is 1. The summed E-state index contributed by atoms with van der Waals surface area (Å²) in [5.41, 5.74) is 9.62. The third-order valence-corrected chi connectivity index (χ3v) is 7.21. The Balaban J connectivity index is 1.43. The number of aromatic nitrogens is 4. The van der Waals surface area contributed by atoms with Gasteiger partial charge in [-0.1, -0.05) is 0 Å². The molecule has 6 rings (SSSR count). The first-order chi connectivity index (χ1) is 16.9. The highest BCUT2D eigenvalue weighted by Crippen LogP contribution is 2.36. The average molecular weight is 479 g/mol. The maximum absolute atomic E-state index is 15.4. The van der Waals surface area contributed by atoms with Gasteiger partial charge in [0.1, 0.15) is 28.8 Å². The predicted molar refractivity (Wildman–Crippen MR) is 129 cm³/mol. The van der Waals surface area contributed by atoms with Crippen molar-refractivity contribution in [1.82, 2.24) is 24.1 Å². The van der Waals surface area contributed by atoms with Gasteiger partial charge in [-0.05, 0) is 62.8 Å². The molecule has 9 heteroatoms. The molecule has 0 bridgehead atoms. The Morgan fingerprint density at radius 1 is 1.20 bits per heavy atom. The monoisotopic (exact) mass is 478 g/mol. The highest BCUT2D eigenvalue weighted by Gasteiger charge is 2.29. The Morgan fingerprint density at radius 2 is 2.03 bits per heavy atom. The molecular formula is C26H28F2N6O. The fourth-order valence-corrected chi connectivity index (χ4v) is 5.18. The number of nitrogens with zero attached hydrogens (tertiary/aromatic N) is 5. The van der Waals surface area contributed by atoms with Gasteiger partial charge in [-0.3, -0.25) is 4.79 Å². The fourth-order valence-electron chi connectivity index (χ4n) is 5.18. The summed E-state index contributed by atoms with van der Waals surface area (Å²) in [4.78, 5) is 19.2. The van der Waals surface area contributed by atoms with Crippen LogP contribution in [0.4, 0.5) is 8.78 Å². The summed E-state index contributed by atoms with van der Waals surface area (Å²) in [6.07, 6.45) is 5.40. The zero-order chi connectivity index (χ0) is 24.3. The van der Waals surface area contributed by atoms with Crippen LogP contribution in [0.2, 0.25) is 0 Å². The lowest BCUT2D eigenvalue weighted by Gasteiger charge is -2.23. The minimum Gasteiger partial charge on any atom is -0.334 e. The van der Waals surface area contributed by atoms with Crippen molar-refractivity contribution in [2.24, 2.45) is 11.7 Å². The van der Waals surface area contributed by atoms with Gasteiger partial charge >= 0.3 is 0 Å². The van der Waals surface area contributed by atoms with E-state index >= 15 is 4.39 Å². The van der Waals surface area contributed by atoms with Gasteiger partial charge in [0, 0.05) is 42.5 Å². The van der Waals surface area contributed by atoms with Crippen molar-refractivity contribution < 1.29 is 13.6 Å². The van der Waals surface area contributed by atoms with Crippen molar-refractivity contribution in [1.29, 1.82) is 0 Å². The van der Waals surface area contributed by atoms with Crippen molar-refractivity contribution in [3.8, 4) is 11.4 Å². The maximum atomic E-state index is 15.4. The molecule has 4 aromatic heterocycles. The largest absolute Gasteiger partial charge is 0.334 e. The number of alkyl halides is 1. The van der Waals surface area contributed by atoms with Gasteiger partial charge in [0.15, 0.2) is 0 Å². The number of carbonyl (C=O) groups excluding carboxylic acids is 1. The molecular weight excluding hydrogens is 450 g/mol. The maximum Gasteiger partial charge on any atom is 0.255 e. The molecule has 2 aliphatic rings. The van der Waals surface area contributed by atoms with Crippen molar-refractivity contribution in [2.75, 3.05) is 13.1 Å². The zero-order valence-electron chi connectivity index (χ0n) is 19.6. The second-order valence-corrected chi connectivity index (χ2v) is 9.99. The van der Waals surface area contributed by atoms with E-state index in [2.05, 4.69) is 9.55 Å². The molecule has 0 aromatic carbocycles. The normalized spacial score (nSPS) is 21.1. The molecule has 7 nitrogen and oxygen atoms in total. The predicted octanol–water partition coefficient (Wildman–Crippen LogP) is 4.11. The number of hydrogen-bond acceptors (Lipinski definition) is 4. The van der Waals surface area contributed by atoms with Crippen molar-refractivity contribution >= 4 is 22.5 Å². The minimum absolute atomic E-state index is 0.0379. The molecule has 5 heterocycles. The van der Waals surface area contributed by atoms with E-state index in [1.807, 2.05) is 25.1 Å². The summed E-state index contributed by atoms with van der Waals surface area (Å²) in [7, 11) is 0. The standard InChI is InChI=1S/C26H28F2N6O/c1-15-23(22-10-17-3-2-8-30-25(17)33(22)11-16-4-5-16)31-34-12-18(9-21(28)24(15)34)26(35)32-13-19(27)6-7-20(29)14-32/h2-3,8-10,12,16,19-20H,4-7,11,13-14,29H2,1H3/t19-,20-/m1/s1. The molecule has 0 radical (unpaired) electrons. The number of hydrogen-bond donors (Lipinski definition) is 1. The lowest BCUT2D eigenvalue weighted by atomic mass is 10.1. The van der Waals surface area contributed by atoms with Crippen LogP contribution in [-0.2, 0) is 6.54 Å². The van der Waals surface area contributed by atoms with Crippen molar-refractivity contribution in [3.63, 3.8) is 0 Å². The van der Waals surface area contributed by atoms with Gasteiger partial charge < -0.3 is 15.2 Å². The summed E-state index contributed by atoms with van der Waals surface area (Å²) in [6, 6.07) is 6.89. The summed E-state index contributed by atoms with van der Waals surface area (Å²) in [5, 5.41) is 5.73. The van der Waals surface area contributed by atoms with Gasteiger partial charge in [0.25, 0.3) is 5.91 Å². The summed E-state index contributed by atoms with van der Waals surface area (Å²) < 4.78 is 33.2. The smallest absolute Gasteiger partial charge is 0.255 e. The number of pyridine rings is 2. The summed E-state index contributed by atoms with van der Waals surface area (Å²) in [5.74, 6) is -0.359. The molecule has 1 aliphatic heterocycles. The lowest BCUT2D eigenvalue weighted by Crippen LogP contribution is -2.41. The van der Waals surface area contributed by atoms with Crippen LogP contribution in [0, 0.1) is 18.7 Å². The number of carbonyl (C=O) groups is 1. The van der Waals surface area contributed by atoms with E-state index < -0.39 is 17.9 Å². The minimum atomic E-state index is -1.14. The van der Waals surface area contributed by atoms with E-state index in [1.54, 1.807) is 6.20 Å². The molecule has 2 N–H and O–H groups in total. The summed E-state index contributed by atoms with van der Waals surface area (Å²) in [6.45, 7) is 2.89. The first-order valence-corrected chi connectivity index (χ1v) is 12.2. The van der Waals surface area contributed by atoms with Crippen LogP contribution >= 0.6 is 0 Å². The molecule has 0 unspecified atom stereocenters. The highest BCUT2D eigenvalue weighted by atomic mass is 19.1. The number of aryl methyl sites for hydroxylation is 1. The quantitative estimate of drug-likeness (QED) is 0.479. The first kappa shape index (κ1) is 22.2. The van der Waals surface area contributed by atoms with Crippen molar-refractivity contribution in [2.45, 2.75) is 51.4 Å². The van der Waals surface area contributed by atoms with E-state index in [0.29, 0.717) is 35.5 Å². The second kappa shape index (κ2) is 8.41. The molecule has 2 fully saturated rings. The van der Waals surface area contributed by atoms with Gasteiger partial charge in [-0.15, -0.1) is 0 Å². The first-order valence-electron chi connectivity index (χ1n) is 12.2. The van der Waals surface area contributed by atoms with Gasteiger partial charge in [-0.25, -0.2) is 18.3 Å². The highest BCUT2D eigenvalue weighted by molar-refractivity contribution is 5.95. The number of fused-ring (bicyclic) bond motifs is 2. The Kier molecular flexibility index (Phi) is 5.32. The van der Waals surface area contributed by atoms with E-state index in [1.165, 1.54) is 34.5 Å². The molecule has 0 spiro atoms. The molecule has 2 atom stereocenters. The van der Waals surface area contributed by atoms with Crippen LogP contribution in [0.25, 0.3) is 27.9 Å². The van der Waals surface area contributed by atoms with E-state index in [-0.39, 0.29) is 24.7 Å². The molecule has 4 aromatic rings. The van der Waals surface area contributed by atoms with Gasteiger partial charge in [0.05, 0.1) is 17.8 Å². The Labute approximate surface area is 201 Å². The van der Waals surface area contributed by atoms with Crippen LogP contribution in [0.3, 0.4) is 0 Å². The van der Waals surface area contributed by atoms with Crippen LogP contribution in [0.1, 0.15) is 41.6 Å². The number of rotatable bonds is 4. The van der Waals surface area contributed by atoms with Crippen LogP contribution < -0.4 is 5.73 Å². The average Bonchev–Trinajstić information content (AvgIpc) is 3.54. The molecule has 35 heavy (non-hydrogen) atoms. The van der Waals surface area contributed by atoms with Crippen LogP contribution in [0.5, 0.6) is 0 Å². The molecule has 1 aliphatic carbocycles. The SMILES string of the molecule is Cc1c(-c2cc3cccnc3n2CC2CC2)nn2cc(C(=O)N3C[C@H](N)CC[C@@H](F)C3)cc(F)c12. The van der Waals surface area contributed by atoms with Crippen LogP contribution in [-0.4, -0.2) is 55.3 Å². The number of halogens is 2. The second-order valence-electron chi connectivity index (χ2n) is 9.99. The molecule has 1 amide bonds. The lowest BCUT2D eigenvalue weighted by molar-refractivity contribution is 0.0718. The summed E-state index contributed by atoms with van der Waals surface area (Å²) >= 11 is 0. The van der Waals surface area contributed by atoms with E-state index in [4.69, 9.17) is 10.8 Å². The van der Waals surface area contributed by atoms with E-state index in [0.717, 1.165) is 23.3 Å². The molecule has 1 saturated carbocycles. The third-order valence-electron chi connectivity index (χ3n) is 7.21. The number of likely N-dealkylation sites (tertiary alicyclic amines) is 1. The van der Waals surface area contributed by atoms with Crippen molar-refractivity contribution in [3.05, 3.63) is 53.6 Å². The Hall–Kier alpha value is -3.33. The van der Waals surface area contributed by atoms with E-state index in [9.17, 15) is 9.18 Å². The topological polar surface area (TPSA) is 81.5 Å². The Bertz CT molecular complexity index is 1430. The number of nitrogens with two attached hydrogens (primary N) is 1. The zero-order valence-corrected chi connectivity index (χ0v) is 19.6. The van der Waals surface area contributed by atoms with Gasteiger partial charge in [0.2, 0.25) is 0 Å². The fraction of sp³-hybridized carbons (Fsp3) is 0.423. The van der Waals surface area contributed by atoms with Crippen LogP contribution in [0.15, 0.2) is 36.7 Å². The third kappa shape index (κ3) is 3.97. The molecule has 182 valence electrons. The van der Waals surface area contributed by atoms with Gasteiger partial charge in [-0.2, -0.15) is 5.10 Å². The molecule has 1 saturated heterocycles. The Morgan fingerprint density at radius 3 is 2.83 bits per heavy atom.